The van der Waals surface area contributed by atoms with E-state index in [9.17, 15) is 4.79 Å². The number of nitrogens with zero attached hydrogens (tertiary/aromatic N) is 2. The summed E-state index contributed by atoms with van der Waals surface area (Å²) in [5.41, 5.74) is 3.88. The van der Waals surface area contributed by atoms with Crippen LogP contribution >= 0.6 is 11.6 Å². The second-order valence-electron chi connectivity index (χ2n) is 6.98. The van der Waals surface area contributed by atoms with Gasteiger partial charge in [-0.15, -0.1) is 0 Å². The molecule has 0 bridgehead atoms. The number of likely N-dealkylation sites (tertiary alicyclic amines) is 1. The summed E-state index contributed by atoms with van der Waals surface area (Å²) in [5, 5.41) is 4.41. The zero-order valence-electron chi connectivity index (χ0n) is 15.1. The fourth-order valence-electron chi connectivity index (χ4n) is 3.59. The Hall–Kier alpha value is -2.43. The molecule has 0 saturated carbocycles. The number of nitrogens with one attached hydrogen (secondary N) is 1. The average Bonchev–Trinajstić information content (AvgIpc) is 3.19. The number of hydrogen-bond acceptors (Lipinski definition) is 3. The zero-order valence-corrected chi connectivity index (χ0v) is 15.9. The molecule has 0 aliphatic carbocycles. The van der Waals surface area contributed by atoms with Crippen LogP contribution < -0.4 is 5.32 Å². The van der Waals surface area contributed by atoms with E-state index in [2.05, 4.69) is 33.4 Å². The summed E-state index contributed by atoms with van der Waals surface area (Å²) in [7, 11) is 0. The number of pyridine rings is 1. The van der Waals surface area contributed by atoms with Crippen molar-refractivity contribution in [3.63, 3.8) is 0 Å². The van der Waals surface area contributed by atoms with Gasteiger partial charge in [-0.2, -0.15) is 0 Å². The predicted octanol–water partition coefficient (Wildman–Crippen LogP) is 4.41. The molecule has 3 aromatic rings. The van der Waals surface area contributed by atoms with Crippen molar-refractivity contribution in [2.45, 2.75) is 25.9 Å². The van der Waals surface area contributed by atoms with Crippen LogP contribution in [0.3, 0.4) is 0 Å². The minimum Gasteiger partial charge on any atom is -0.348 e. The molecule has 1 aromatic heterocycles. The normalized spacial score (nSPS) is 14.6. The Balaban J connectivity index is 1.45. The monoisotopic (exact) mass is 379 g/mol. The maximum absolute atomic E-state index is 12.6. The van der Waals surface area contributed by atoms with Crippen LogP contribution in [0.2, 0.25) is 5.15 Å². The topological polar surface area (TPSA) is 45.2 Å². The molecule has 1 amide bonds. The number of fused-ring (bicyclic) bond motifs is 1. The van der Waals surface area contributed by atoms with Gasteiger partial charge >= 0.3 is 0 Å². The average molecular weight is 380 g/mol. The Bertz CT molecular complexity index is 967. The lowest BCUT2D eigenvalue weighted by Gasteiger charge is -2.17. The van der Waals surface area contributed by atoms with Crippen LogP contribution in [0, 0.1) is 0 Å². The van der Waals surface area contributed by atoms with Crippen LogP contribution in [0.1, 0.15) is 34.3 Å². The van der Waals surface area contributed by atoms with E-state index in [1.807, 2.05) is 24.3 Å². The molecular weight excluding hydrogens is 358 g/mol. The molecule has 4 nitrogen and oxygen atoms in total. The third kappa shape index (κ3) is 4.29. The van der Waals surface area contributed by atoms with Crippen LogP contribution in [0.25, 0.3) is 10.9 Å². The van der Waals surface area contributed by atoms with Crippen LogP contribution in [0.4, 0.5) is 0 Å². The molecule has 1 aliphatic heterocycles. The lowest BCUT2D eigenvalue weighted by molar-refractivity contribution is 0.0951. The molecule has 0 radical (unpaired) electrons. The Labute approximate surface area is 164 Å². The summed E-state index contributed by atoms with van der Waals surface area (Å²) >= 11 is 5.92. The number of amides is 1. The third-order valence-electron chi connectivity index (χ3n) is 5.07. The molecule has 1 aliphatic rings. The van der Waals surface area contributed by atoms with Crippen molar-refractivity contribution in [2.24, 2.45) is 0 Å². The van der Waals surface area contributed by atoms with Gasteiger partial charge in [0.1, 0.15) is 5.15 Å². The van der Waals surface area contributed by atoms with E-state index in [1.165, 1.54) is 24.0 Å². The molecule has 0 atom stereocenters. The molecule has 1 fully saturated rings. The highest BCUT2D eigenvalue weighted by Crippen LogP contribution is 2.18. The predicted molar refractivity (Wildman–Crippen MR) is 109 cm³/mol. The van der Waals surface area contributed by atoms with Gasteiger partial charge in [-0.05, 0) is 67.4 Å². The Morgan fingerprint density at radius 1 is 1.04 bits per heavy atom. The van der Waals surface area contributed by atoms with E-state index in [0.717, 1.165) is 30.5 Å². The molecule has 27 heavy (non-hydrogen) atoms. The number of carbonyl (C=O) groups is 1. The van der Waals surface area contributed by atoms with E-state index in [-0.39, 0.29) is 5.91 Å². The van der Waals surface area contributed by atoms with Gasteiger partial charge in [0.05, 0.1) is 5.52 Å². The molecule has 4 rings (SSSR count). The molecule has 138 valence electrons. The highest BCUT2D eigenvalue weighted by atomic mass is 35.5. The molecule has 0 unspecified atom stereocenters. The second-order valence-corrected chi connectivity index (χ2v) is 7.36. The molecule has 0 spiro atoms. The molecule has 5 heteroatoms. The third-order valence-corrected chi connectivity index (χ3v) is 5.28. The van der Waals surface area contributed by atoms with Crippen molar-refractivity contribution in [1.29, 1.82) is 0 Å². The first-order valence-electron chi connectivity index (χ1n) is 9.33. The molecule has 1 N–H and O–H groups in total. The maximum atomic E-state index is 12.6. The van der Waals surface area contributed by atoms with E-state index in [1.54, 1.807) is 12.1 Å². The van der Waals surface area contributed by atoms with E-state index in [4.69, 9.17) is 11.6 Å². The van der Waals surface area contributed by atoms with Crippen molar-refractivity contribution in [2.75, 3.05) is 13.1 Å². The standard InChI is InChI=1S/C22H22ClN3O/c23-21-10-8-16-13-17(7-9-20(16)25-21)22(27)24-14-18-5-1-2-6-19(18)15-26-11-3-4-12-26/h1-2,5-10,13H,3-4,11-12,14-15H2,(H,24,27). The van der Waals surface area contributed by atoms with Gasteiger partial charge in [-0.3, -0.25) is 9.69 Å². The summed E-state index contributed by atoms with van der Waals surface area (Å²) in [5.74, 6) is -0.0807. The van der Waals surface area contributed by atoms with Crippen molar-refractivity contribution in [3.05, 3.63) is 76.4 Å². The fourth-order valence-corrected chi connectivity index (χ4v) is 3.74. The highest BCUT2D eigenvalue weighted by molar-refractivity contribution is 6.29. The number of hydrogen-bond donors (Lipinski definition) is 1. The number of benzene rings is 2. The van der Waals surface area contributed by atoms with Gasteiger partial charge in [0, 0.05) is 24.0 Å². The second kappa shape index (κ2) is 8.07. The van der Waals surface area contributed by atoms with E-state index < -0.39 is 0 Å². The number of carbonyl (C=O) groups excluding carboxylic acids is 1. The summed E-state index contributed by atoms with van der Waals surface area (Å²) < 4.78 is 0. The zero-order chi connectivity index (χ0) is 18.6. The van der Waals surface area contributed by atoms with Crippen molar-refractivity contribution >= 4 is 28.4 Å². The Morgan fingerprint density at radius 2 is 1.81 bits per heavy atom. The first-order chi connectivity index (χ1) is 13.2. The number of halogens is 1. The first-order valence-corrected chi connectivity index (χ1v) is 9.70. The SMILES string of the molecule is O=C(NCc1ccccc1CN1CCCC1)c1ccc2nc(Cl)ccc2c1. The summed E-state index contributed by atoms with van der Waals surface area (Å²) in [6, 6.07) is 17.4. The number of rotatable bonds is 5. The minimum atomic E-state index is -0.0807. The highest BCUT2D eigenvalue weighted by Gasteiger charge is 2.14. The van der Waals surface area contributed by atoms with E-state index in [0.29, 0.717) is 17.3 Å². The minimum absolute atomic E-state index is 0.0807. The lowest BCUT2D eigenvalue weighted by Crippen LogP contribution is -2.25. The summed E-state index contributed by atoms with van der Waals surface area (Å²) in [6.45, 7) is 3.81. The van der Waals surface area contributed by atoms with Crippen LogP contribution in [0.5, 0.6) is 0 Å². The lowest BCUT2D eigenvalue weighted by atomic mass is 10.1. The Morgan fingerprint density at radius 3 is 2.63 bits per heavy atom. The summed E-state index contributed by atoms with van der Waals surface area (Å²) in [6.07, 6.45) is 2.56. The molecule has 2 heterocycles. The summed E-state index contributed by atoms with van der Waals surface area (Å²) in [4.78, 5) is 19.3. The Kier molecular flexibility index (Phi) is 5.37. The van der Waals surface area contributed by atoms with Crippen LogP contribution in [0.15, 0.2) is 54.6 Å². The first kappa shape index (κ1) is 18.0. The molecule has 2 aromatic carbocycles. The van der Waals surface area contributed by atoms with Gasteiger partial charge in [0.2, 0.25) is 0 Å². The quantitative estimate of drug-likeness (QED) is 0.668. The van der Waals surface area contributed by atoms with Gasteiger partial charge in [0.15, 0.2) is 0 Å². The molecule has 1 saturated heterocycles. The van der Waals surface area contributed by atoms with Gasteiger partial charge in [-0.1, -0.05) is 35.9 Å². The van der Waals surface area contributed by atoms with Crippen molar-refractivity contribution < 1.29 is 4.79 Å². The van der Waals surface area contributed by atoms with Crippen LogP contribution in [-0.2, 0) is 13.1 Å². The van der Waals surface area contributed by atoms with E-state index >= 15 is 0 Å². The number of aromatic nitrogens is 1. The van der Waals surface area contributed by atoms with Crippen molar-refractivity contribution in [1.82, 2.24) is 15.2 Å². The fraction of sp³-hybridized carbons (Fsp3) is 0.273. The van der Waals surface area contributed by atoms with Gasteiger partial charge < -0.3 is 5.32 Å². The smallest absolute Gasteiger partial charge is 0.251 e. The van der Waals surface area contributed by atoms with Crippen molar-refractivity contribution in [3.8, 4) is 0 Å². The largest absolute Gasteiger partial charge is 0.348 e. The van der Waals surface area contributed by atoms with Gasteiger partial charge in [0.25, 0.3) is 5.91 Å². The van der Waals surface area contributed by atoms with Crippen LogP contribution in [-0.4, -0.2) is 28.9 Å². The molecular formula is C22H22ClN3O. The van der Waals surface area contributed by atoms with Gasteiger partial charge in [-0.25, -0.2) is 4.98 Å². The maximum Gasteiger partial charge on any atom is 0.251 e.